The molecule has 0 fully saturated rings. The average Bonchev–Trinajstić information content (AvgIpc) is 2.81. The van der Waals surface area contributed by atoms with E-state index >= 15 is 0 Å². The van der Waals surface area contributed by atoms with Crippen LogP contribution in [0.2, 0.25) is 0 Å². The van der Waals surface area contributed by atoms with E-state index in [1.165, 1.54) is 6.07 Å². The summed E-state index contributed by atoms with van der Waals surface area (Å²) >= 11 is 0. The molecule has 3 rings (SSSR count). The van der Waals surface area contributed by atoms with Gasteiger partial charge in [0.25, 0.3) is 0 Å². The Kier molecular flexibility index (Phi) is 2.44. The molecule has 0 bridgehead atoms. The minimum Gasteiger partial charge on any atom is -0.373 e. The van der Waals surface area contributed by atoms with Crippen LogP contribution >= 0.6 is 0 Å². The Bertz CT molecular complexity index is 705. The molecule has 2 aromatic heterocycles. The molecule has 0 amide bonds. The fourth-order valence-electron chi connectivity index (χ4n) is 1.81. The number of aromatic amines is 1. The second kappa shape index (κ2) is 4.10. The van der Waals surface area contributed by atoms with E-state index in [4.69, 9.17) is 0 Å². The van der Waals surface area contributed by atoms with Crippen molar-refractivity contribution in [2.75, 3.05) is 12.4 Å². The van der Waals surface area contributed by atoms with Gasteiger partial charge in [0, 0.05) is 7.05 Å². The topological polar surface area (TPSA) is 53.6 Å². The first kappa shape index (κ1) is 10.7. The summed E-state index contributed by atoms with van der Waals surface area (Å²) in [4.78, 5) is 11.7. The van der Waals surface area contributed by atoms with Gasteiger partial charge in [0.15, 0.2) is 5.65 Å². The second-order valence-corrected chi connectivity index (χ2v) is 3.88. The Morgan fingerprint density at radius 1 is 1.11 bits per heavy atom. The van der Waals surface area contributed by atoms with Crippen LogP contribution < -0.4 is 5.32 Å². The van der Waals surface area contributed by atoms with E-state index in [1.54, 1.807) is 25.2 Å². The number of hydrogen-bond acceptors (Lipinski definition) is 3. The number of nitrogens with one attached hydrogen (secondary N) is 2. The predicted octanol–water partition coefficient (Wildman–Crippen LogP) is 2.81. The third-order valence-electron chi connectivity index (χ3n) is 2.73. The molecular weight excluding hydrogens is 231 g/mol. The summed E-state index contributed by atoms with van der Waals surface area (Å²) in [5.41, 5.74) is 1.80. The van der Waals surface area contributed by atoms with Gasteiger partial charge in [-0.1, -0.05) is 12.1 Å². The first-order valence-electron chi connectivity index (χ1n) is 5.57. The van der Waals surface area contributed by atoms with E-state index in [1.807, 2.05) is 12.1 Å². The molecule has 0 saturated heterocycles. The van der Waals surface area contributed by atoms with Crippen molar-refractivity contribution in [3.8, 4) is 11.4 Å². The highest BCUT2D eigenvalue weighted by molar-refractivity contribution is 5.77. The van der Waals surface area contributed by atoms with Crippen molar-refractivity contribution in [1.29, 1.82) is 0 Å². The van der Waals surface area contributed by atoms with Gasteiger partial charge in [0.1, 0.15) is 17.5 Å². The first-order valence-corrected chi connectivity index (χ1v) is 5.57. The van der Waals surface area contributed by atoms with Crippen molar-refractivity contribution in [2.45, 2.75) is 0 Å². The normalized spacial score (nSPS) is 10.8. The number of aromatic nitrogens is 3. The van der Waals surface area contributed by atoms with Gasteiger partial charge in [0.2, 0.25) is 0 Å². The lowest BCUT2D eigenvalue weighted by molar-refractivity contribution is 0.630. The lowest BCUT2D eigenvalue weighted by Crippen LogP contribution is -1.91. The molecule has 3 aromatic rings. The van der Waals surface area contributed by atoms with Gasteiger partial charge in [-0.3, -0.25) is 0 Å². The Labute approximate surface area is 103 Å². The van der Waals surface area contributed by atoms with Gasteiger partial charge in [-0.05, 0) is 24.3 Å². The largest absolute Gasteiger partial charge is 0.373 e. The smallest absolute Gasteiger partial charge is 0.180 e. The lowest BCUT2D eigenvalue weighted by atomic mass is 10.2. The monoisotopic (exact) mass is 242 g/mol. The number of nitrogens with zero attached hydrogens (tertiary/aromatic N) is 2. The van der Waals surface area contributed by atoms with Crippen molar-refractivity contribution in [3.05, 3.63) is 42.2 Å². The third kappa shape index (κ3) is 1.69. The van der Waals surface area contributed by atoms with Gasteiger partial charge < -0.3 is 10.3 Å². The summed E-state index contributed by atoms with van der Waals surface area (Å²) in [5.74, 6) is 0.920. The number of fused-ring (bicyclic) bond motifs is 1. The summed E-state index contributed by atoms with van der Waals surface area (Å²) in [6.07, 6.45) is 0. The predicted molar refractivity (Wildman–Crippen MR) is 68.8 cm³/mol. The highest BCUT2D eigenvalue weighted by Crippen LogP contribution is 2.22. The number of benzene rings is 1. The third-order valence-corrected chi connectivity index (χ3v) is 2.73. The number of anilines is 1. The Balaban J connectivity index is 2.17. The molecule has 0 aliphatic carbocycles. The van der Waals surface area contributed by atoms with E-state index in [9.17, 15) is 4.39 Å². The fourth-order valence-corrected chi connectivity index (χ4v) is 1.81. The van der Waals surface area contributed by atoms with Crippen LogP contribution in [0.3, 0.4) is 0 Å². The highest BCUT2D eigenvalue weighted by Gasteiger charge is 2.10. The maximum atomic E-state index is 13.7. The molecule has 2 heterocycles. The molecule has 90 valence electrons. The fraction of sp³-hybridized carbons (Fsp3) is 0.0769. The lowest BCUT2D eigenvalue weighted by Gasteiger charge is -1.96. The molecule has 2 N–H and O–H groups in total. The summed E-state index contributed by atoms with van der Waals surface area (Å²) < 4.78 is 13.7. The molecule has 0 atom stereocenters. The molecule has 18 heavy (non-hydrogen) atoms. The number of hydrogen-bond donors (Lipinski definition) is 2. The Morgan fingerprint density at radius 3 is 2.72 bits per heavy atom. The van der Waals surface area contributed by atoms with Crippen molar-refractivity contribution in [2.24, 2.45) is 0 Å². The zero-order valence-corrected chi connectivity index (χ0v) is 9.74. The molecule has 0 spiro atoms. The molecule has 0 unspecified atom stereocenters. The maximum absolute atomic E-state index is 13.7. The molecule has 1 aromatic carbocycles. The molecule has 5 heteroatoms. The molecule has 0 aliphatic rings. The zero-order chi connectivity index (χ0) is 12.5. The van der Waals surface area contributed by atoms with Crippen LogP contribution in [0.5, 0.6) is 0 Å². The van der Waals surface area contributed by atoms with Crippen LogP contribution in [0, 0.1) is 5.82 Å². The van der Waals surface area contributed by atoms with Crippen molar-refractivity contribution >= 4 is 17.0 Å². The molecule has 0 radical (unpaired) electrons. The average molecular weight is 242 g/mol. The highest BCUT2D eigenvalue weighted by atomic mass is 19.1. The zero-order valence-electron chi connectivity index (χ0n) is 9.74. The van der Waals surface area contributed by atoms with Gasteiger partial charge in [0.05, 0.1) is 11.1 Å². The molecule has 4 nitrogen and oxygen atoms in total. The first-order chi connectivity index (χ1) is 8.78. The Hall–Kier alpha value is -2.43. The van der Waals surface area contributed by atoms with E-state index in [2.05, 4.69) is 20.3 Å². The standard InChI is InChI=1S/C13H11FN4/c1-15-11-7-6-10-13(17-11)18-12(16-10)8-4-2-3-5-9(8)14/h2-7H,1H3,(H2,15,16,17,18). The van der Waals surface area contributed by atoms with Crippen LogP contribution in [-0.2, 0) is 0 Å². The number of halogens is 1. The van der Waals surface area contributed by atoms with Crippen LogP contribution in [0.4, 0.5) is 10.2 Å². The number of H-pyrrole nitrogens is 1. The van der Waals surface area contributed by atoms with Gasteiger partial charge >= 0.3 is 0 Å². The summed E-state index contributed by atoms with van der Waals surface area (Å²) in [7, 11) is 1.79. The minimum absolute atomic E-state index is 0.301. The van der Waals surface area contributed by atoms with Crippen LogP contribution in [0.15, 0.2) is 36.4 Å². The minimum atomic E-state index is -0.301. The van der Waals surface area contributed by atoms with Crippen LogP contribution in [0.1, 0.15) is 0 Å². The number of pyridine rings is 1. The van der Waals surface area contributed by atoms with Gasteiger partial charge in [-0.2, -0.15) is 0 Å². The maximum Gasteiger partial charge on any atom is 0.180 e. The van der Waals surface area contributed by atoms with Crippen molar-refractivity contribution in [1.82, 2.24) is 15.0 Å². The summed E-state index contributed by atoms with van der Waals surface area (Å²) in [5, 5.41) is 2.94. The van der Waals surface area contributed by atoms with Crippen LogP contribution in [-0.4, -0.2) is 22.0 Å². The van der Waals surface area contributed by atoms with E-state index in [-0.39, 0.29) is 5.82 Å². The van der Waals surface area contributed by atoms with Crippen molar-refractivity contribution in [3.63, 3.8) is 0 Å². The van der Waals surface area contributed by atoms with Gasteiger partial charge in [-0.25, -0.2) is 14.4 Å². The molecular formula is C13H11FN4. The summed E-state index contributed by atoms with van der Waals surface area (Å²) in [6, 6.07) is 10.2. The second-order valence-electron chi connectivity index (χ2n) is 3.88. The van der Waals surface area contributed by atoms with Crippen LogP contribution in [0.25, 0.3) is 22.6 Å². The van der Waals surface area contributed by atoms with E-state index in [0.29, 0.717) is 17.0 Å². The molecule has 0 aliphatic heterocycles. The number of rotatable bonds is 2. The Morgan fingerprint density at radius 2 is 1.94 bits per heavy atom. The quantitative estimate of drug-likeness (QED) is 0.726. The van der Waals surface area contributed by atoms with E-state index in [0.717, 1.165) is 11.3 Å². The molecule has 0 saturated carbocycles. The van der Waals surface area contributed by atoms with E-state index < -0.39 is 0 Å². The number of imidazole rings is 1. The van der Waals surface area contributed by atoms with Crippen molar-refractivity contribution < 1.29 is 4.39 Å². The van der Waals surface area contributed by atoms with Gasteiger partial charge in [-0.15, -0.1) is 0 Å². The summed E-state index contributed by atoms with van der Waals surface area (Å²) in [6.45, 7) is 0. The SMILES string of the molecule is CNc1ccc2[nH]c(-c3ccccc3F)nc2n1.